The normalized spacial score (nSPS) is 11.9. The zero-order valence-electron chi connectivity index (χ0n) is 8.48. The van der Waals surface area contributed by atoms with Gasteiger partial charge in [0.15, 0.2) is 0 Å². The molecule has 1 aromatic heterocycles. The lowest BCUT2D eigenvalue weighted by Gasteiger charge is -1.95. The standard InChI is InChI=1S/C6H4Cl2O.C4H4N2O2/c7-4-2-1-3-5(9)6(4)8;1-5-3-4(6-1)8-2-7-3/h1-3,9H;1H,2H2,(H,5,6). The first-order valence-corrected chi connectivity index (χ1v) is 5.36. The van der Waals surface area contributed by atoms with Gasteiger partial charge in [-0.05, 0) is 12.1 Å². The van der Waals surface area contributed by atoms with Crippen molar-refractivity contribution < 1.29 is 14.6 Å². The van der Waals surface area contributed by atoms with Crippen molar-refractivity contribution in [3.8, 4) is 17.5 Å². The molecule has 0 bridgehead atoms. The molecule has 90 valence electrons. The van der Waals surface area contributed by atoms with Crippen LogP contribution in [0.15, 0.2) is 24.5 Å². The molecule has 1 aliphatic heterocycles. The van der Waals surface area contributed by atoms with Gasteiger partial charge in [0.2, 0.25) is 6.79 Å². The maximum Gasteiger partial charge on any atom is 0.280 e. The molecule has 17 heavy (non-hydrogen) atoms. The van der Waals surface area contributed by atoms with Gasteiger partial charge in [0, 0.05) is 0 Å². The summed E-state index contributed by atoms with van der Waals surface area (Å²) in [4.78, 5) is 6.55. The number of phenols is 1. The maximum absolute atomic E-state index is 8.88. The van der Waals surface area contributed by atoms with Crippen LogP contribution in [-0.2, 0) is 0 Å². The first-order valence-electron chi connectivity index (χ1n) is 4.60. The highest BCUT2D eigenvalue weighted by Gasteiger charge is 2.14. The maximum atomic E-state index is 8.88. The van der Waals surface area contributed by atoms with Crippen LogP contribution in [0.2, 0.25) is 10.0 Å². The SMILES string of the molecule is Oc1cccc(Cl)c1Cl.c1nc2c([nH]1)OCO2. The molecule has 2 aromatic rings. The molecule has 0 radical (unpaired) electrons. The molecule has 0 fully saturated rings. The molecule has 2 heterocycles. The molecule has 7 heteroatoms. The van der Waals surface area contributed by atoms with E-state index in [1.54, 1.807) is 12.1 Å². The smallest absolute Gasteiger partial charge is 0.280 e. The highest BCUT2D eigenvalue weighted by Crippen LogP contribution is 2.29. The quantitative estimate of drug-likeness (QED) is 0.775. The highest BCUT2D eigenvalue weighted by atomic mass is 35.5. The second-order valence-corrected chi connectivity index (χ2v) is 3.80. The fourth-order valence-electron chi connectivity index (χ4n) is 1.11. The number of nitrogens with one attached hydrogen (secondary N) is 1. The van der Waals surface area contributed by atoms with Crippen LogP contribution in [0.5, 0.6) is 17.5 Å². The molecule has 0 unspecified atom stereocenters. The number of aromatic amines is 1. The Bertz CT molecular complexity index is 477. The van der Waals surface area contributed by atoms with Gasteiger partial charge in [-0.3, -0.25) is 0 Å². The number of fused-ring (bicyclic) bond motifs is 1. The van der Waals surface area contributed by atoms with Crippen LogP contribution in [0.1, 0.15) is 0 Å². The van der Waals surface area contributed by atoms with Gasteiger partial charge in [-0.15, -0.1) is 0 Å². The minimum absolute atomic E-state index is 0.0177. The van der Waals surface area contributed by atoms with Crippen molar-refractivity contribution in [3.05, 3.63) is 34.6 Å². The summed E-state index contributed by atoms with van der Waals surface area (Å²) in [7, 11) is 0. The van der Waals surface area contributed by atoms with E-state index in [1.807, 2.05) is 0 Å². The van der Waals surface area contributed by atoms with Gasteiger partial charge in [0.25, 0.3) is 11.8 Å². The Balaban J connectivity index is 0.000000127. The number of imidazole rings is 1. The number of nitrogens with zero attached hydrogens (tertiary/aromatic N) is 1. The molecule has 1 aliphatic rings. The van der Waals surface area contributed by atoms with Gasteiger partial charge in [0.1, 0.15) is 10.8 Å². The number of aromatic hydroxyl groups is 1. The van der Waals surface area contributed by atoms with Gasteiger partial charge in [-0.1, -0.05) is 29.3 Å². The minimum atomic E-state index is 0.0177. The number of phenolic OH excluding ortho intramolecular Hbond substituents is 1. The lowest BCUT2D eigenvalue weighted by atomic mass is 10.3. The summed E-state index contributed by atoms with van der Waals surface area (Å²) < 4.78 is 9.77. The number of H-pyrrole nitrogens is 1. The Morgan fingerprint density at radius 3 is 2.76 bits per heavy atom. The van der Waals surface area contributed by atoms with Crippen molar-refractivity contribution in [2.45, 2.75) is 0 Å². The predicted octanol–water partition coefficient (Wildman–Crippen LogP) is 2.84. The Kier molecular flexibility index (Phi) is 3.61. The number of halogens is 2. The summed E-state index contributed by atoms with van der Waals surface area (Å²) >= 11 is 11.0. The molecule has 0 saturated carbocycles. The van der Waals surface area contributed by atoms with Crippen molar-refractivity contribution in [3.63, 3.8) is 0 Å². The molecule has 0 atom stereocenters. The van der Waals surface area contributed by atoms with Gasteiger partial charge >= 0.3 is 0 Å². The molecule has 0 amide bonds. The Hall–Kier alpha value is -1.59. The zero-order valence-corrected chi connectivity index (χ0v) is 10.00. The van der Waals surface area contributed by atoms with Gasteiger partial charge in [-0.2, -0.15) is 4.98 Å². The lowest BCUT2D eigenvalue weighted by Crippen LogP contribution is -1.95. The van der Waals surface area contributed by atoms with Crippen LogP contribution in [0, 0.1) is 0 Å². The van der Waals surface area contributed by atoms with Gasteiger partial charge in [0.05, 0.1) is 11.3 Å². The summed E-state index contributed by atoms with van der Waals surface area (Å²) in [5.41, 5.74) is 0. The van der Waals surface area contributed by atoms with E-state index in [2.05, 4.69) is 9.97 Å². The van der Waals surface area contributed by atoms with E-state index in [-0.39, 0.29) is 17.6 Å². The van der Waals surface area contributed by atoms with Gasteiger partial charge < -0.3 is 19.6 Å². The first-order chi connectivity index (χ1) is 8.18. The highest BCUT2D eigenvalue weighted by molar-refractivity contribution is 6.42. The Morgan fingerprint density at radius 2 is 2.12 bits per heavy atom. The summed E-state index contributed by atoms with van der Waals surface area (Å²) in [6.45, 7) is 0.287. The molecule has 5 nitrogen and oxygen atoms in total. The van der Waals surface area contributed by atoms with E-state index < -0.39 is 0 Å². The molecular weight excluding hydrogens is 267 g/mol. The predicted molar refractivity (Wildman–Crippen MR) is 62.8 cm³/mol. The first kappa shape index (κ1) is 11.9. The van der Waals surface area contributed by atoms with Crippen LogP contribution >= 0.6 is 23.2 Å². The zero-order chi connectivity index (χ0) is 12.3. The van der Waals surface area contributed by atoms with Crippen molar-refractivity contribution in [2.24, 2.45) is 0 Å². The number of aromatic nitrogens is 2. The third kappa shape index (κ3) is 2.75. The van der Waals surface area contributed by atoms with Crippen LogP contribution < -0.4 is 9.47 Å². The van der Waals surface area contributed by atoms with Crippen molar-refractivity contribution >= 4 is 23.2 Å². The number of ether oxygens (including phenoxy) is 2. The molecular formula is C10H8Cl2N2O3. The molecule has 0 aliphatic carbocycles. The molecule has 0 saturated heterocycles. The van der Waals surface area contributed by atoms with Gasteiger partial charge in [-0.25, -0.2) is 0 Å². The van der Waals surface area contributed by atoms with E-state index >= 15 is 0 Å². The monoisotopic (exact) mass is 274 g/mol. The number of rotatable bonds is 0. The molecule has 1 aromatic carbocycles. The summed E-state index contributed by atoms with van der Waals surface area (Å²) in [6.07, 6.45) is 1.53. The van der Waals surface area contributed by atoms with E-state index in [9.17, 15) is 0 Å². The van der Waals surface area contributed by atoms with E-state index in [4.69, 9.17) is 37.8 Å². The minimum Gasteiger partial charge on any atom is -0.506 e. The fraction of sp³-hybridized carbons (Fsp3) is 0.100. The summed E-state index contributed by atoms with van der Waals surface area (Å²) in [5, 5.41) is 9.46. The van der Waals surface area contributed by atoms with Crippen molar-refractivity contribution in [1.82, 2.24) is 9.97 Å². The van der Waals surface area contributed by atoms with Crippen LogP contribution in [-0.4, -0.2) is 21.9 Å². The van der Waals surface area contributed by atoms with Crippen LogP contribution in [0.4, 0.5) is 0 Å². The summed E-state index contributed by atoms with van der Waals surface area (Å²) in [5.74, 6) is 1.21. The van der Waals surface area contributed by atoms with E-state index in [0.717, 1.165) is 0 Å². The number of benzene rings is 1. The lowest BCUT2D eigenvalue weighted by molar-refractivity contribution is 0.166. The van der Waals surface area contributed by atoms with Crippen molar-refractivity contribution in [1.29, 1.82) is 0 Å². The largest absolute Gasteiger partial charge is 0.506 e. The third-order valence-electron chi connectivity index (χ3n) is 1.90. The Labute approximate surface area is 107 Å². The Morgan fingerprint density at radius 1 is 1.29 bits per heavy atom. The topological polar surface area (TPSA) is 67.4 Å². The molecule has 3 rings (SSSR count). The number of hydrogen-bond donors (Lipinski definition) is 2. The second kappa shape index (κ2) is 5.16. The molecule has 2 N–H and O–H groups in total. The van der Waals surface area contributed by atoms with E-state index in [1.165, 1.54) is 12.4 Å². The summed E-state index contributed by atoms with van der Waals surface area (Å²) in [6, 6.07) is 4.72. The third-order valence-corrected chi connectivity index (χ3v) is 2.71. The number of hydrogen-bond acceptors (Lipinski definition) is 4. The van der Waals surface area contributed by atoms with Crippen molar-refractivity contribution in [2.75, 3.05) is 6.79 Å². The fourth-order valence-corrected chi connectivity index (χ4v) is 1.41. The average molecular weight is 275 g/mol. The average Bonchev–Trinajstić information content (AvgIpc) is 2.89. The molecule has 0 spiro atoms. The van der Waals surface area contributed by atoms with Crippen LogP contribution in [0.25, 0.3) is 0 Å². The van der Waals surface area contributed by atoms with Crippen LogP contribution in [0.3, 0.4) is 0 Å². The van der Waals surface area contributed by atoms with E-state index in [0.29, 0.717) is 16.8 Å². The second-order valence-electron chi connectivity index (χ2n) is 3.02.